The average Bonchev–Trinajstić information content (AvgIpc) is 2.67. The highest BCUT2D eigenvalue weighted by atomic mass is 32.1. The standard InChI is InChI=1S/C21H23F4NO2S/c1-4-13-6-11-17(16(22)12-13)26(3)20(19(27)28,18(29)5-2)14-7-9-15(10-8-14)21(23,24)25/h6-12,18,29H,4-5H2,1-3H3,(H,27,28)/t18-,20-/m0/s1. The third kappa shape index (κ3) is 4.22. The zero-order valence-corrected chi connectivity index (χ0v) is 17.2. The zero-order valence-electron chi connectivity index (χ0n) is 16.3. The first-order valence-electron chi connectivity index (χ1n) is 9.11. The van der Waals surface area contributed by atoms with E-state index < -0.39 is 34.3 Å². The Hall–Kier alpha value is -2.22. The first-order valence-corrected chi connectivity index (χ1v) is 9.63. The second-order valence-corrected chi connectivity index (χ2v) is 7.39. The van der Waals surface area contributed by atoms with Gasteiger partial charge < -0.3 is 10.0 Å². The minimum Gasteiger partial charge on any atom is -0.479 e. The van der Waals surface area contributed by atoms with Crippen LogP contribution in [0, 0.1) is 5.82 Å². The number of carbonyl (C=O) groups is 1. The number of rotatable bonds is 7. The molecule has 0 aliphatic heterocycles. The van der Waals surface area contributed by atoms with E-state index in [0.29, 0.717) is 6.42 Å². The van der Waals surface area contributed by atoms with E-state index >= 15 is 0 Å². The highest BCUT2D eigenvalue weighted by molar-refractivity contribution is 7.81. The lowest BCUT2D eigenvalue weighted by Crippen LogP contribution is -2.57. The predicted octanol–water partition coefficient (Wildman–Crippen LogP) is 5.53. The Labute approximate surface area is 172 Å². The average molecular weight is 429 g/mol. The molecule has 0 saturated heterocycles. The van der Waals surface area contributed by atoms with Gasteiger partial charge in [-0.1, -0.05) is 32.0 Å². The summed E-state index contributed by atoms with van der Waals surface area (Å²) >= 11 is 4.44. The Kier molecular flexibility index (Phi) is 6.88. The molecule has 0 spiro atoms. The predicted molar refractivity (Wildman–Crippen MR) is 108 cm³/mol. The van der Waals surface area contributed by atoms with Gasteiger partial charge in [-0.3, -0.25) is 0 Å². The summed E-state index contributed by atoms with van der Waals surface area (Å²) in [6, 6.07) is 8.38. The number of halogens is 4. The van der Waals surface area contributed by atoms with Crippen LogP contribution in [0.2, 0.25) is 0 Å². The largest absolute Gasteiger partial charge is 0.479 e. The summed E-state index contributed by atoms with van der Waals surface area (Å²) in [7, 11) is 1.41. The van der Waals surface area contributed by atoms with Gasteiger partial charge in [0.15, 0.2) is 5.54 Å². The number of aliphatic carboxylic acids is 1. The lowest BCUT2D eigenvalue weighted by molar-refractivity contribution is -0.143. The zero-order chi connectivity index (χ0) is 22.0. The molecule has 0 bridgehead atoms. The third-order valence-electron chi connectivity index (χ3n) is 5.16. The van der Waals surface area contributed by atoms with Gasteiger partial charge in [-0.25, -0.2) is 9.18 Å². The molecule has 1 N–H and O–H groups in total. The van der Waals surface area contributed by atoms with Crippen molar-refractivity contribution < 1.29 is 27.5 Å². The lowest BCUT2D eigenvalue weighted by Gasteiger charge is -2.43. The van der Waals surface area contributed by atoms with Crippen molar-refractivity contribution in [3.63, 3.8) is 0 Å². The van der Waals surface area contributed by atoms with Crippen molar-refractivity contribution >= 4 is 24.3 Å². The fraction of sp³-hybridized carbons (Fsp3) is 0.381. The third-order valence-corrected chi connectivity index (χ3v) is 5.90. The fourth-order valence-corrected chi connectivity index (χ4v) is 3.89. The molecule has 29 heavy (non-hydrogen) atoms. The Morgan fingerprint density at radius 3 is 2.07 bits per heavy atom. The molecule has 2 aromatic rings. The van der Waals surface area contributed by atoms with Crippen molar-refractivity contribution in [3.8, 4) is 0 Å². The van der Waals surface area contributed by atoms with Crippen molar-refractivity contribution in [2.45, 2.75) is 43.7 Å². The van der Waals surface area contributed by atoms with Crippen molar-refractivity contribution in [2.24, 2.45) is 0 Å². The number of carboxylic acid groups (broad SMARTS) is 1. The number of alkyl halides is 3. The number of carboxylic acids is 1. The van der Waals surface area contributed by atoms with E-state index in [4.69, 9.17) is 0 Å². The van der Waals surface area contributed by atoms with Gasteiger partial charge in [0.05, 0.1) is 11.3 Å². The van der Waals surface area contributed by atoms with Crippen LogP contribution in [0.4, 0.5) is 23.2 Å². The van der Waals surface area contributed by atoms with Crippen LogP contribution in [-0.4, -0.2) is 23.4 Å². The number of nitrogens with zero attached hydrogens (tertiary/aromatic N) is 1. The number of hydrogen-bond donors (Lipinski definition) is 2. The maximum atomic E-state index is 14.8. The second-order valence-electron chi connectivity index (χ2n) is 6.77. The van der Waals surface area contributed by atoms with Gasteiger partial charge >= 0.3 is 12.1 Å². The number of thiol groups is 1. The van der Waals surface area contributed by atoms with E-state index in [1.54, 1.807) is 13.0 Å². The Morgan fingerprint density at radius 2 is 1.66 bits per heavy atom. The first kappa shape index (κ1) is 23.1. The van der Waals surface area contributed by atoms with Crippen LogP contribution in [0.15, 0.2) is 42.5 Å². The molecule has 0 aliphatic carbocycles. The normalized spacial score (nSPS) is 14.9. The topological polar surface area (TPSA) is 40.5 Å². The molecule has 0 aromatic heterocycles. The van der Waals surface area contributed by atoms with Crippen molar-refractivity contribution in [2.75, 3.05) is 11.9 Å². The molecule has 3 nitrogen and oxygen atoms in total. The van der Waals surface area contributed by atoms with Gasteiger partial charge in [-0.15, -0.1) is 0 Å². The molecular formula is C21H23F4NO2S. The highest BCUT2D eigenvalue weighted by Gasteiger charge is 2.50. The summed E-state index contributed by atoms with van der Waals surface area (Å²) in [5, 5.41) is 9.37. The summed E-state index contributed by atoms with van der Waals surface area (Å²) in [6.07, 6.45) is -3.66. The molecule has 8 heteroatoms. The molecule has 0 radical (unpaired) electrons. The van der Waals surface area contributed by atoms with Crippen LogP contribution in [-0.2, 0) is 22.9 Å². The molecule has 2 aromatic carbocycles. The molecular weight excluding hydrogens is 406 g/mol. The number of aryl methyl sites for hydroxylation is 1. The molecule has 0 heterocycles. The van der Waals surface area contributed by atoms with Gasteiger partial charge in [0, 0.05) is 12.3 Å². The second kappa shape index (κ2) is 8.65. The van der Waals surface area contributed by atoms with Gasteiger partial charge in [0.2, 0.25) is 0 Å². The van der Waals surface area contributed by atoms with E-state index in [-0.39, 0.29) is 17.7 Å². The molecule has 158 valence electrons. The Balaban J connectivity index is 2.70. The van der Waals surface area contributed by atoms with Crippen LogP contribution in [0.5, 0.6) is 0 Å². The molecule has 2 rings (SSSR count). The summed E-state index contributed by atoms with van der Waals surface area (Å²) in [4.78, 5) is 13.8. The van der Waals surface area contributed by atoms with Crippen LogP contribution in [0.3, 0.4) is 0 Å². The van der Waals surface area contributed by atoms with E-state index in [1.165, 1.54) is 24.1 Å². The minimum absolute atomic E-state index is 0.0250. The fourth-order valence-electron chi connectivity index (χ4n) is 3.46. The van der Waals surface area contributed by atoms with Crippen LogP contribution < -0.4 is 4.90 Å². The van der Waals surface area contributed by atoms with Crippen LogP contribution in [0.1, 0.15) is 37.0 Å². The van der Waals surface area contributed by atoms with E-state index in [2.05, 4.69) is 12.6 Å². The van der Waals surface area contributed by atoms with Gasteiger partial charge in [-0.2, -0.15) is 25.8 Å². The molecule has 0 amide bonds. The maximum Gasteiger partial charge on any atom is 0.416 e. The monoisotopic (exact) mass is 429 g/mol. The van der Waals surface area contributed by atoms with Gasteiger partial charge in [-0.05, 0) is 48.2 Å². The quantitative estimate of drug-likeness (QED) is 0.449. The minimum atomic E-state index is -4.55. The number of likely N-dealkylation sites (N-methyl/N-ethyl adjacent to an activating group) is 1. The van der Waals surface area contributed by atoms with Crippen LogP contribution in [0.25, 0.3) is 0 Å². The van der Waals surface area contributed by atoms with Crippen molar-refractivity contribution in [1.29, 1.82) is 0 Å². The highest BCUT2D eigenvalue weighted by Crippen LogP contribution is 2.41. The molecule has 0 unspecified atom stereocenters. The van der Waals surface area contributed by atoms with E-state index in [9.17, 15) is 27.5 Å². The molecule has 0 saturated carbocycles. The molecule has 0 fully saturated rings. The van der Waals surface area contributed by atoms with E-state index in [0.717, 1.165) is 29.8 Å². The van der Waals surface area contributed by atoms with Crippen molar-refractivity contribution in [1.82, 2.24) is 0 Å². The van der Waals surface area contributed by atoms with Gasteiger partial charge in [0.1, 0.15) is 5.82 Å². The Bertz CT molecular complexity index is 870. The maximum absolute atomic E-state index is 14.8. The summed E-state index contributed by atoms with van der Waals surface area (Å²) < 4.78 is 53.6. The summed E-state index contributed by atoms with van der Waals surface area (Å²) in [5.74, 6) is -1.94. The smallest absolute Gasteiger partial charge is 0.416 e. The summed E-state index contributed by atoms with van der Waals surface area (Å²) in [5.41, 5.74) is -1.92. The molecule has 0 aliphatic rings. The van der Waals surface area contributed by atoms with E-state index in [1.807, 2.05) is 6.92 Å². The SMILES string of the molecule is CCc1ccc(N(C)[C@@](C(=O)O)(c2ccc(C(F)(F)F)cc2)[C@@H](S)CC)c(F)c1. The number of hydrogen-bond acceptors (Lipinski definition) is 3. The van der Waals surface area contributed by atoms with Crippen molar-refractivity contribution in [3.05, 3.63) is 65.0 Å². The molecule has 2 atom stereocenters. The first-order chi connectivity index (χ1) is 13.5. The van der Waals surface area contributed by atoms with Crippen LogP contribution >= 0.6 is 12.6 Å². The number of benzene rings is 2. The van der Waals surface area contributed by atoms with Gasteiger partial charge in [0.25, 0.3) is 0 Å². The lowest BCUT2D eigenvalue weighted by atomic mass is 9.82. The number of anilines is 1. The Morgan fingerprint density at radius 1 is 1.10 bits per heavy atom. The summed E-state index contributed by atoms with van der Waals surface area (Å²) in [6.45, 7) is 3.58.